The van der Waals surface area contributed by atoms with Crippen molar-refractivity contribution in [1.82, 2.24) is 4.98 Å². The number of hydrogen-bond acceptors (Lipinski definition) is 4. The second-order valence-electron chi connectivity index (χ2n) is 3.81. The first-order valence-corrected chi connectivity index (χ1v) is 5.41. The maximum atomic E-state index is 10.1. The van der Waals surface area contributed by atoms with Gasteiger partial charge in [-0.05, 0) is 25.0 Å². The van der Waals surface area contributed by atoms with Gasteiger partial charge in [0, 0.05) is 13.3 Å². The minimum absolute atomic E-state index is 0.0649. The average molecular weight is 220 g/mol. The van der Waals surface area contributed by atoms with E-state index in [1.807, 2.05) is 18.2 Å². The third-order valence-corrected chi connectivity index (χ3v) is 2.80. The van der Waals surface area contributed by atoms with Crippen LogP contribution in [0.1, 0.15) is 12.8 Å². The number of anilines is 1. The molecule has 0 radical (unpaired) electrons. The van der Waals surface area contributed by atoms with Gasteiger partial charge in [-0.3, -0.25) is 5.21 Å². The van der Waals surface area contributed by atoms with Crippen LogP contribution in [0.4, 0.5) is 5.82 Å². The fourth-order valence-electron chi connectivity index (χ4n) is 1.95. The number of ether oxygens (including phenoxy) is 1. The van der Waals surface area contributed by atoms with Crippen molar-refractivity contribution in [3.63, 3.8) is 0 Å². The number of hydroxylamine groups is 1. The first-order valence-electron chi connectivity index (χ1n) is 5.41. The van der Waals surface area contributed by atoms with Gasteiger partial charge in [-0.2, -0.15) is 0 Å². The molecule has 4 heteroatoms. The van der Waals surface area contributed by atoms with Gasteiger partial charge in [-0.15, -0.1) is 0 Å². The van der Waals surface area contributed by atoms with Gasteiger partial charge in [0.05, 0.1) is 12.1 Å². The van der Waals surface area contributed by atoms with E-state index in [4.69, 9.17) is 4.74 Å². The summed E-state index contributed by atoms with van der Waals surface area (Å²) >= 11 is 0. The lowest BCUT2D eigenvalue weighted by molar-refractivity contribution is 0.0687. The van der Waals surface area contributed by atoms with E-state index < -0.39 is 0 Å². The maximum Gasteiger partial charge on any atom is 0.152 e. The van der Waals surface area contributed by atoms with Crippen LogP contribution in [-0.4, -0.2) is 29.4 Å². The summed E-state index contributed by atoms with van der Waals surface area (Å²) in [6.45, 7) is 0. The van der Waals surface area contributed by atoms with Crippen molar-refractivity contribution in [2.75, 3.05) is 12.2 Å². The predicted molar refractivity (Wildman–Crippen MR) is 61.5 cm³/mol. The molecule has 0 saturated heterocycles. The van der Waals surface area contributed by atoms with Crippen molar-refractivity contribution in [3.05, 3.63) is 36.5 Å². The highest BCUT2D eigenvalue weighted by atomic mass is 16.5. The Morgan fingerprint density at radius 2 is 2.38 bits per heavy atom. The molecule has 0 saturated carbocycles. The highest BCUT2D eigenvalue weighted by Crippen LogP contribution is 2.22. The number of methoxy groups -OCH3 is 1. The van der Waals surface area contributed by atoms with Crippen molar-refractivity contribution in [2.45, 2.75) is 25.0 Å². The summed E-state index contributed by atoms with van der Waals surface area (Å²) in [4.78, 5) is 4.12. The highest BCUT2D eigenvalue weighted by molar-refractivity contribution is 5.36. The predicted octanol–water partition coefficient (Wildman–Crippen LogP) is 2.01. The van der Waals surface area contributed by atoms with Gasteiger partial charge in [-0.1, -0.05) is 18.2 Å². The van der Waals surface area contributed by atoms with Crippen LogP contribution in [0, 0.1) is 0 Å². The number of aromatic nitrogens is 1. The van der Waals surface area contributed by atoms with Crippen molar-refractivity contribution in [2.24, 2.45) is 0 Å². The van der Waals surface area contributed by atoms with E-state index in [9.17, 15) is 5.21 Å². The Morgan fingerprint density at radius 1 is 1.50 bits per heavy atom. The molecule has 1 heterocycles. The molecule has 1 aliphatic rings. The molecule has 4 nitrogen and oxygen atoms in total. The van der Waals surface area contributed by atoms with Gasteiger partial charge >= 0.3 is 0 Å². The zero-order chi connectivity index (χ0) is 11.4. The van der Waals surface area contributed by atoms with Gasteiger partial charge < -0.3 is 4.74 Å². The number of rotatable bonds is 3. The van der Waals surface area contributed by atoms with Crippen LogP contribution in [0.2, 0.25) is 0 Å². The lowest BCUT2D eigenvalue weighted by Crippen LogP contribution is -2.43. The molecule has 1 aliphatic carbocycles. The van der Waals surface area contributed by atoms with Gasteiger partial charge in [-0.25, -0.2) is 10.0 Å². The van der Waals surface area contributed by atoms with Crippen LogP contribution in [0.25, 0.3) is 0 Å². The van der Waals surface area contributed by atoms with Crippen molar-refractivity contribution in [1.29, 1.82) is 0 Å². The molecule has 2 rings (SSSR count). The highest BCUT2D eigenvalue weighted by Gasteiger charge is 2.27. The summed E-state index contributed by atoms with van der Waals surface area (Å²) in [5, 5.41) is 11.3. The largest absolute Gasteiger partial charge is 0.375 e. The van der Waals surface area contributed by atoms with E-state index in [1.54, 1.807) is 19.4 Å². The van der Waals surface area contributed by atoms with Gasteiger partial charge in [0.1, 0.15) is 0 Å². The van der Waals surface area contributed by atoms with Gasteiger partial charge in [0.15, 0.2) is 5.82 Å². The smallest absolute Gasteiger partial charge is 0.152 e. The van der Waals surface area contributed by atoms with E-state index in [0.717, 1.165) is 12.8 Å². The Kier molecular flexibility index (Phi) is 3.54. The monoisotopic (exact) mass is 220 g/mol. The van der Waals surface area contributed by atoms with E-state index in [0.29, 0.717) is 5.82 Å². The van der Waals surface area contributed by atoms with Crippen LogP contribution < -0.4 is 5.06 Å². The topological polar surface area (TPSA) is 45.6 Å². The second-order valence-corrected chi connectivity index (χ2v) is 3.81. The molecular formula is C12H16N2O2. The zero-order valence-electron chi connectivity index (χ0n) is 9.28. The normalized spacial score (nSPS) is 24.4. The third kappa shape index (κ3) is 2.23. The molecule has 2 atom stereocenters. The average Bonchev–Trinajstić information content (AvgIpc) is 2.39. The first-order chi connectivity index (χ1) is 7.83. The van der Waals surface area contributed by atoms with Gasteiger partial charge in [0.2, 0.25) is 0 Å². The van der Waals surface area contributed by atoms with Crippen LogP contribution >= 0.6 is 0 Å². The molecule has 1 N–H and O–H groups in total. The van der Waals surface area contributed by atoms with Crippen molar-refractivity contribution >= 4 is 5.82 Å². The van der Waals surface area contributed by atoms with Gasteiger partial charge in [0.25, 0.3) is 0 Å². The maximum absolute atomic E-state index is 10.1. The number of hydrogen-bond donors (Lipinski definition) is 1. The first kappa shape index (κ1) is 11.1. The second kappa shape index (κ2) is 5.09. The lowest BCUT2D eigenvalue weighted by atomic mass is 9.98. The number of nitrogens with zero attached hydrogens (tertiary/aromatic N) is 2. The number of pyridine rings is 1. The molecule has 0 spiro atoms. The molecule has 86 valence electrons. The SMILES string of the molecule is CO[C@@H]1C=CCC[C@H]1N(O)c1ccccn1. The summed E-state index contributed by atoms with van der Waals surface area (Å²) in [7, 11) is 1.65. The zero-order valence-corrected chi connectivity index (χ0v) is 9.28. The fourth-order valence-corrected chi connectivity index (χ4v) is 1.95. The standard InChI is InChI=1S/C12H16N2O2/c1-16-11-7-3-2-6-10(11)14(15)12-8-4-5-9-13-12/h3-5,7-11,15H,2,6H2,1H3/t10-,11-/m1/s1. The molecule has 1 aromatic rings. The Morgan fingerprint density at radius 3 is 3.06 bits per heavy atom. The summed E-state index contributed by atoms with van der Waals surface area (Å²) in [5.41, 5.74) is 0. The quantitative estimate of drug-likeness (QED) is 0.625. The van der Waals surface area contributed by atoms with Crippen LogP contribution in [0.5, 0.6) is 0 Å². The summed E-state index contributed by atoms with van der Waals surface area (Å²) < 4.78 is 5.33. The van der Waals surface area contributed by atoms with Crippen LogP contribution in [0.15, 0.2) is 36.5 Å². The third-order valence-electron chi connectivity index (χ3n) is 2.80. The molecule has 16 heavy (non-hydrogen) atoms. The lowest BCUT2D eigenvalue weighted by Gasteiger charge is -2.33. The van der Waals surface area contributed by atoms with Crippen LogP contribution in [-0.2, 0) is 4.74 Å². The Balaban J connectivity index is 2.15. The summed E-state index contributed by atoms with van der Waals surface area (Å²) in [5.74, 6) is 0.560. The molecule has 0 aromatic carbocycles. The Bertz CT molecular complexity index is 353. The minimum atomic E-state index is -0.0826. The van der Waals surface area contributed by atoms with Crippen molar-refractivity contribution in [3.8, 4) is 0 Å². The summed E-state index contributed by atoms with van der Waals surface area (Å²) in [6.07, 6.45) is 7.47. The van der Waals surface area contributed by atoms with E-state index in [2.05, 4.69) is 11.1 Å². The van der Waals surface area contributed by atoms with E-state index in [-0.39, 0.29) is 12.1 Å². The molecule has 0 unspecified atom stereocenters. The Labute approximate surface area is 95.1 Å². The van der Waals surface area contributed by atoms with Crippen molar-refractivity contribution < 1.29 is 9.94 Å². The van der Waals surface area contributed by atoms with Crippen LogP contribution in [0.3, 0.4) is 0 Å². The minimum Gasteiger partial charge on any atom is -0.375 e. The molecular weight excluding hydrogens is 204 g/mol. The molecule has 0 fully saturated rings. The molecule has 0 aliphatic heterocycles. The summed E-state index contributed by atoms with van der Waals surface area (Å²) in [6, 6.07) is 5.40. The molecule has 0 bridgehead atoms. The molecule has 0 amide bonds. The Hall–Kier alpha value is -1.39. The number of allylic oxidation sites excluding steroid dienone is 1. The molecule has 1 aromatic heterocycles. The van der Waals surface area contributed by atoms with E-state index in [1.165, 1.54) is 5.06 Å². The van der Waals surface area contributed by atoms with E-state index >= 15 is 0 Å². The fraction of sp³-hybridized carbons (Fsp3) is 0.417.